The van der Waals surface area contributed by atoms with Crippen molar-refractivity contribution in [3.63, 3.8) is 0 Å². The van der Waals surface area contributed by atoms with Crippen molar-refractivity contribution in [2.75, 3.05) is 30.8 Å². The molecule has 2 fully saturated rings. The summed E-state index contributed by atoms with van der Waals surface area (Å²) in [7, 11) is 1.48. The lowest BCUT2D eigenvalue weighted by Crippen LogP contribution is -2.53. The van der Waals surface area contributed by atoms with Gasteiger partial charge in [-0.1, -0.05) is 33.3 Å². The monoisotopic (exact) mass is 591 g/mol. The third kappa shape index (κ3) is 3.97. The number of thiophene rings is 1. The molecule has 0 spiro atoms. The number of fused-ring (bicyclic) bond motifs is 5. The number of benzene rings is 2. The maximum absolute atomic E-state index is 17.0. The molecular weight excluding hydrogens is 556 g/mol. The number of nitrogen functional groups attached to an aromatic ring is 1. The number of nitrogens with zero attached hydrogens (tertiary/aromatic N) is 4. The Morgan fingerprint density at radius 1 is 1.19 bits per heavy atom. The number of hydrogen-bond acceptors (Lipinski definition) is 7. The van der Waals surface area contributed by atoms with Gasteiger partial charge >= 0.3 is 6.01 Å². The average molecular weight is 592 g/mol. The van der Waals surface area contributed by atoms with E-state index in [9.17, 15) is 4.79 Å². The fraction of sp³-hybridized carbons (Fsp3) is 0.469. The molecule has 7 nitrogen and oxygen atoms in total. The highest BCUT2D eigenvalue weighted by Crippen LogP contribution is 2.55. The first kappa shape index (κ1) is 27.3. The molecule has 2 aromatic carbocycles. The van der Waals surface area contributed by atoms with Crippen molar-refractivity contribution in [2.45, 2.75) is 70.9 Å². The second kappa shape index (κ2) is 9.76. The highest BCUT2D eigenvalue weighted by atomic mass is 32.1. The minimum Gasteiger partial charge on any atom is -0.467 e. The Morgan fingerprint density at radius 3 is 2.60 bits per heavy atom. The summed E-state index contributed by atoms with van der Waals surface area (Å²) < 4.78 is 38.0. The number of aromatic nitrogens is 2. The van der Waals surface area contributed by atoms with Gasteiger partial charge in [0, 0.05) is 53.0 Å². The Labute approximate surface area is 247 Å². The molecule has 10 heteroatoms. The Morgan fingerprint density at radius 2 is 1.93 bits per heavy atom. The number of piperazine rings is 1. The van der Waals surface area contributed by atoms with Crippen LogP contribution < -0.4 is 15.4 Å². The molecule has 2 aromatic heterocycles. The number of hydrogen-bond donors (Lipinski definition) is 1. The van der Waals surface area contributed by atoms with Crippen molar-refractivity contribution in [3.8, 4) is 17.1 Å². The highest BCUT2D eigenvalue weighted by molar-refractivity contribution is 7.23. The van der Waals surface area contributed by atoms with Crippen molar-refractivity contribution in [1.29, 1.82) is 0 Å². The van der Waals surface area contributed by atoms with Crippen molar-refractivity contribution < 1.29 is 18.3 Å². The maximum Gasteiger partial charge on any atom is 0.318 e. The third-order valence-electron chi connectivity index (χ3n) is 9.98. The van der Waals surface area contributed by atoms with Crippen LogP contribution in [-0.4, -0.2) is 53.6 Å². The van der Waals surface area contributed by atoms with Crippen LogP contribution in [0.2, 0.25) is 0 Å². The van der Waals surface area contributed by atoms with E-state index in [0.717, 1.165) is 49.6 Å². The molecule has 1 aliphatic carbocycles. The minimum absolute atomic E-state index is 0.0842. The van der Waals surface area contributed by atoms with Gasteiger partial charge in [-0.25, -0.2) is 8.78 Å². The second-order valence-corrected chi connectivity index (χ2v) is 13.8. The molecule has 2 N–H and O–H groups in total. The molecule has 2 saturated heterocycles. The van der Waals surface area contributed by atoms with Gasteiger partial charge in [-0.05, 0) is 54.4 Å². The zero-order valence-electron chi connectivity index (χ0n) is 24.3. The Kier molecular flexibility index (Phi) is 6.34. The second-order valence-electron chi connectivity index (χ2n) is 12.7. The Hall–Kier alpha value is -3.53. The predicted octanol–water partition coefficient (Wildman–Crippen LogP) is 6.85. The Balaban J connectivity index is 1.48. The van der Waals surface area contributed by atoms with E-state index in [1.165, 1.54) is 24.5 Å². The van der Waals surface area contributed by atoms with Crippen LogP contribution in [0.1, 0.15) is 69.9 Å². The number of anilines is 2. The normalized spacial score (nSPS) is 21.3. The number of methoxy groups -OCH3 is 1. The first-order valence-electron chi connectivity index (χ1n) is 14.7. The lowest BCUT2D eigenvalue weighted by Gasteiger charge is -2.40. The van der Waals surface area contributed by atoms with E-state index in [1.54, 1.807) is 6.07 Å². The van der Waals surface area contributed by atoms with E-state index >= 15 is 8.78 Å². The van der Waals surface area contributed by atoms with Crippen LogP contribution in [0.4, 0.5) is 19.6 Å². The summed E-state index contributed by atoms with van der Waals surface area (Å²) in [4.78, 5) is 25.1. The molecule has 42 heavy (non-hydrogen) atoms. The summed E-state index contributed by atoms with van der Waals surface area (Å²) in [6, 6.07) is 5.37. The fourth-order valence-corrected chi connectivity index (χ4v) is 8.37. The van der Waals surface area contributed by atoms with Crippen LogP contribution in [0.5, 0.6) is 6.01 Å². The third-order valence-corrected chi connectivity index (χ3v) is 11.0. The highest BCUT2D eigenvalue weighted by Gasteiger charge is 2.41. The van der Waals surface area contributed by atoms with Crippen molar-refractivity contribution in [3.05, 3.63) is 41.0 Å². The molecular formula is C32H35F2N5O2S. The maximum atomic E-state index is 17.0. The number of halogens is 2. The van der Waals surface area contributed by atoms with Gasteiger partial charge in [0.2, 0.25) is 6.41 Å². The summed E-state index contributed by atoms with van der Waals surface area (Å²) in [5, 5.41) is 1.90. The lowest BCUT2D eigenvalue weighted by atomic mass is 9.73. The minimum atomic E-state index is -0.456. The number of carbonyl (C=O) groups is 1. The van der Waals surface area contributed by atoms with Gasteiger partial charge < -0.3 is 20.3 Å². The fourth-order valence-electron chi connectivity index (χ4n) is 7.31. The molecule has 2 bridgehead atoms. The van der Waals surface area contributed by atoms with Crippen molar-refractivity contribution >= 4 is 49.6 Å². The zero-order chi connectivity index (χ0) is 29.5. The van der Waals surface area contributed by atoms with Crippen LogP contribution in [0.25, 0.3) is 32.1 Å². The number of rotatable bonds is 7. The van der Waals surface area contributed by atoms with Crippen LogP contribution in [0.3, 0.4) is 0 Å². The standard InChI is InChI=1S/C32H35F2N5O2S/c1-5-32(2,3)11-10-18-20-12-21-27(26(34)23(20)19-8-9-22(33)28-24(19)25(18)29(35)42-28)36-31(41-4)37-30(21)38-13-16-6-7-17(14-38)39(16)15-40/h8-9,12,15-18H,5-7,10-11,13-14,35H2,1-4H3. The van der Waals surface area contributed by atoms with Crippen molar-refractivity contribution in [1.82, 2.24) is 14.9 Å². The van der Waals surface area contributed by atoms with Crippen LogP contribution >= 0.6 is 11.3 Å². The molecule has 0 radical (unpaired) electrons. The predicted molar refractivity (Wildman–Crippen MR) is 163 cm³/mol. The SMILES string of the molecule is CCC(C)(C)CCC1c2cc3c(N4CC5CCC(C4)N5C=O)nc(OC)nc3c(F)c2-c2ccc(F)c3sc(N)c1c23. The van der Waals surface area contributed by atoms with E-state index in [2.05, 4.69) is 30.7 Å². The van der Waals surface area contributed by atoms with E-state index in [1.807, 2.05) is 11.0 Å². The average Bonchev–Trinajstić information content (AvgIpc) is 3.46. The van der Waals surface area contributed by atoms with Gasteiger partial charge in [0.05, 0.1) is 16.8 Å². The molecule has 0 saturated carbocycles. The molecule has 3 unspecified atom stereocenters. The molecule has 2 aliphatic heterocycles. The van der Waals surface area contributed by atoms with Crippen LogP contribution in [-0.2, 0) is 4.79 Å². The number of amides is 1. The summed E-state index contributed by atoms with van der Waals surface area (Å²) in [5.41, 5.74) is 9.72. The first-order chi connectivity index (χ1) is 20.2. The van der Waals surface area contributed by atoms with Gasteiger partial charge in [-0.3, -0.25) is 4.79 Å². The zero-order valence-corrected chi connectivity index (χ0v) is 25.2. The van der Waals surface area contributed by atoms with Gasteiger partial charge in [0.15, 0.2) is 5.82 Å². The van der Waals surface area contributed by atoms with E-state index in [0.29, 0.717) is 50.5 Å². The van der Waals surface area contributed by atoms with Crippen LogP contribution in [0, 0.1) is 17.0 Å². The molecule has 3 atom stereocenters. The summed E-state index contributed by atoms with van der Waals surface area (Å²) in [6.07, 6.45) is 5.46. The molecule has 1 amide bonds. The van der Waals surface area contributed by atoms with Crippen molar-refractivity contribution in [2.24, 2.45) is 5.41 Å². The number of ether oxygens (including phenoxy) is 1. The van der Waals surface area contributed by atoms with Gasteiger partial charge in [0.25, 0.3) is 0 Å². The molecule has 4 heterocycles. The first-order valence-corrected chi connectivity index (χ1v) is 15.5. The lowest BCUT2D eigenvalue weighted by molar-refractivity contribution is -0.121. The van der Waals surface area contributed by atoms with E-state index in [4.69, 9.17) is 15.5 Å². The smallest absolute Gasteiger partial charge is 0.318 e. The van der Waals surface area contributed by atoms with Gasteiger partial charge in [-0.15, -0.1) is 11.3 Å². The van der Waals surface area contributed by atoms with Gasteiger partial charge in [-0.2, -0.15) is 9.97 Å². The molecule has 220 valence electrons. The molecule has 3 aliphatic rings. The summed E-state index contributed by atoms with van der Waals surface area (Å²) in [6.45, 7) is 7.88. The van der Waals surface area contributed by atoms with Gasteiger partial charge in [0.1, 0.15) is 17.2 Å². The summed E-state index contributed by atoms with van der Waals surface area (Å²) >= 11 is 1.24. The van der Waals surface area contributed by atoms with Crippen LogP contribution in [0.15, 0.2) is 18.2 Å². The number of nitrogens with two attached hydrogens (primary N) is 1. The Bertz CT molecular complexity index is 1740. The number of carbonyl (C=O) groups excluding carboxylic acids is 1. The molecule has 7 rings (SSSR count). The van der Waals surface area contributed by atoms with E-state index < -0.39 is 5.82 Å². The molecule has 4 aromatic rings. The van der Waals surface area contributed by atoms with E-state index in [-0.39, 0.29) is 40.8 Å². The quantitative estimate of drug-likeness (QED) is 0.237. The summed E-state index contributed by atoms with van der Waals surface area (Å²) in [5.74, 6) is -0.390. The largest absolute Gasteiger partial charge is 0.467 e. The topological polar surface area (TPSA) is 84.6 Å².